The zero-order chi connectivity index (χ0) is 16.8. The number of benzene rings is 1. The maximum absolute atomic E-state index is 12.8. The fourth-order valence-corrected chi connectivity index (χ4v) is 2.79. The molecule has 0 atom stereocenters. The number of hydrogen-bond acceptors (Lipinski definition) is 5. The van der Waals surface area contributed by atoms with Gasteiger partial charge >= 0.3 is 5.97 Å². The number of ether oxygens (including phenoxy) is 1. The summed E-state index contributed by atoms with van der Waals surface area (Å²) in [5.74, 6) is -1.51. The van der Waals surface area contributed by atoms with E-state index in [4.69, 9.17) is 4.74 Å². The highest BCUT2D eigenvalue weighted by Crippen LogP contribution is 2.28. The van der Waals surface area contributed by atoms with Crippen LogP contribution in [0.3, 0.4) is 0 Å². The third kappa shape index (κ3) is 4.82. The predicted octanol–water partition coefficient (Wildman–Crippen LogP) is 1.74. The lowest BCUT2D eigenvalue weighted by molar-refractivity contribution is -0.137. The first-order chi connectivity index (χ1) is 11.0. The minimum absolute atomic E-state index is 0.162. The van der Waals surface area contributed by atoms with Crippen molar-refractivity contribution in [1.29, 1.82) is 0 Å². The van der Waals surface area contributed by atoms with Gasteiger partial charge in [0.15, 0.2) is 0 Å². The highest BCUT2D eigenvalue weighted by atomic mass is 32.2. The molecule has 1 N–H and O–H groups in total. The summed E-state index contributed by atoms with van der Waals surface area (Å²) in [6.45, 7) is 1.68. The van der Waals surface area contributed by atoms with Crippen LogP contribution in [0.1, 0.15) is 6.92 Å². The fraction of sp³-hybridized carbons (Fsp3) is 0.267. The maximum atomic E-state index is 12.8. The Labute approximate surface area is 136 Å². The number of halogens is 1. The van der Waals surface area contributed by atoms with Crippen LogP contribution in [0, 0.1) is 5.82 Å². The number of esters is 1. The van der Waals surface area contributed by atoms with Crippen molar-refractivity contribution >= 4 is 35.2 Å². The molecular weight excluding hydrogens is 323 g/mol. The number of rotatable bonds is 5. The molecule has 122 valence electrons. The summed E-state index contributed by atoms with van der Waals surface area (Å²) in [4.78, 5) is 36.5. The van der Waals surface area contributed by atoms with E-state index in [-0.39, 0.29) is 24.8 Å². The lowest BCUT2D eigenvalue weighted by atomic mass is 10.3. The molecule has 1 aliphatic heterocycles. The molecule has 1 heterocycles. The average molecular weight is 338 g/mol. The van der Waals surface area contributed by atoms with Crippen molar-refractivity contribution in [3.63, 3.8) is 0 Å². The standard InChI is InChI=1S/C15H15FN2O4S/c1-2-22-15(21)7-14-18(13(20)9-23-14)8-12(19)17-11-5-3-10(16)4-6-11/h3-7H,2,8-9H2,1H3,(H,17,19)/b14-7-. The second-order valence-corrected chi connectivity index (χ2v) is 5.55. The molecule has 1 aromatic carbocycles. The van der Waals surface area contributed by atoms with E-state index in [1.807, 2.05) is 0 Å². The van der Waals surface area contributed by atoms with Crippen LogP contribution in [-0.2, 0) is 19.1 Å². The van der Waals surface area contributed by atoms with Crippen LogP contribution in [0.2, 0.25) is 0 Å². The lowest BCUT2D eigenvalue weighted by Crippen LogP contribution is -2.34. The molecule has 1 aromatic rings. The number of carbonyl (C=O) groups is 3. The predicted molar refractivity (Wildman–Crippen MR) is 83.9 cm³/mol. The van der Waals surface area contributed by atoms with Crippen molar-refractivity contribution in [3.8, 4) is 0 Å². The minimum Gasteiger partial charge on any atom is -0.463 e. The summed E-state index contributed by atoms with van der Waals surface area (Å²) in [7, 11) is 0. The molecule has 0 radical (unpaired) electrons. The van der Waals surface area contributed by atoms with Gasteiger partial charge in [0.25, 0.3) is 0 Å². The van der Waals surface area contributed by atoms with Crippen molar-refractivity contribution in [2.75, 3.05) is 24.2 Å². The van der Waals surface area contributed by atoms with Crippen molar-refractivity contribution in [2.45, 2.75) is 6.92 Å². The van der Waals surface area contributed by atoms with Gasteiger partial charge in [-0.3, -0.25) is 14.5 Å². The molecule has 0 unspecified atom stereocenters. The average Bonchev–Trinajstić information content (AvgIpc) is 2.83. The molecule has 2 rings (SSSR count). The molecule has 1 fully saturated rings. The number of nitrogens with zero attached hydrogens (tertiary/aromatic N) is 1. The Hall–Kier alpha value is -2.35. The van der Waals surface area contributed by atoms with Gasteiger partial charge in [-0.05, 0) is 31.2 Å². The Bertz CT molecular complexity index is 645. The van der Waals surface area contributed by atoms with Gasteiger partial charge in [0.1, 0.15) is 12.4 Å². The van der Waals surface area contributed by atoms with Crippen LogP contribution in [0.5, 0.6) is 0 Å². The molecule has 0 aromatic heterocycles. The van der Waals surface area contributed by atoms with Crippen LogP contribution in [0.15, 0.2) is 35.4 Å². The largest absolute Gasteiger partial charge is 0.463 e. The number of nitrogens with one attached hydrogen (secondary N) is 1. The van der Waals surface area contributed by atoms with Gasteiger partial charge < -0.3 is 10.1 Å². The van der Waals surface area contributed by atoms with Gasteiger partial charge in [0, 0.05) is 5.69 Å². The SMILES string of the molecule is CCOC(=O)/C=C1\SCC(=O)N1CC(=O)Nc1ccc(F)cc1. The third-order valence-corrected chi connectivity index (χ3v) is 3.89. The monoisotopic (exact) mass is 338 g/mol. The topological polar surface area (TPSA) is 75.7 Å². The van der Waals surface area contributed by atoms with E-state index in [1.165, 1.54) is 47.0 Å². The van der Waals surface area contributed by atoms with E-state index < -0.39 is 17.7 Å². The van der Waals surface area contributed by atoms with Crippen LogP contribution in [0.4, 0.5) is 10.1 Å². The zero-order valence-electron chi connectivity index (χ0n) is 12.4. The molecule has 0 spiro atoms. The molecular formula is C15H15FN2O4S. The summed E-state index contributed by atoms with van der Waals surface area (Å²) < 4.78 is 17.6. The quantitative estimate of drug-likeness (QED) is 0.654. The Balaban J connectivity index is 2.01. The molecule has 1 aliphatic rings. The first-order valence-electron chi connectivity index (χ1n) is 6.86. The molecule has 2 amide bonds. The zero-order valence-corrected chi connectivity index (χ0v) is 13.2. The molecule has 0 saturated carbocycles. The van der Waals surface area contributed by atoms with Gasteiger partial charge in [-0.1, -0.05) is 11.8 Å². The number of thioether (sulfide) groups is 1. The van der Waals surface area contributed by atoms with E-state index in [9.17, 15) is 18.8 Å². The number of anilines is 1. The van der Waals surface area contributed by atoms with Crippen LogP contribution in [-0.4, -0.2) is 41.6 Å². The molecule has 6 nitrogen and oxygen atoms in total. The first kappa shape index (κ1) is 17.0. The van der Waals surface area contributed by atoms with Crippen LogP contribution in [0.25, 0.3) is 0 Å². The summed E-state index contributed by atoms with van der Waals surface area (Å²) in [6.07, 6.45) is 1.20. The summed E-state index contributed by atoms with van der Waals surface area (Å²) in [6, 6.07) is 5.28. The second kappa shape index (κ2) is 7.77. The number of amides is 2. The van der Waals surface area contributed by atoms with Crippen molar-refractivity contribution in [3.05, 3.63) is 41.2 Å². The smallest absolute Gasteiger partial charge is 0.333 e. The van der Waals surface area contributed by atoms with Gasteiger partial charge in [0.05, 0.1) is 23.5 Å². The van der Waals surface area contributed by atoms with Gasteiger partial charge in [-0.25, -0.2) is 9.18 Å². The minimum atomic E-state index is -0.561. The Kier molecular flexibility index (Phi) is 5.75. The van der Waals surface area contributed by atoms with E-state index in [1.54, 1.807) is 6.92 Å². The number of carbonyl (C=O) groups excluding carboxylic acids is 3. The van der Waals surface area contributed by atoms with Crippen molar-refractivity contribution in [1.82, 2.24) is 4.90 Å². The molecule has 0 bridgehead atoms. The van der Waals surface area contributed by atoms with E-state index in [0.717, 1.165) is 0 Å². The molecule has 8 heteroatoms. The summed E-state index contributed by atoms with van der Waals surface area (Å²) in [5.41, 5.74) is 0.423. The molecule has 1 saturated heterocycles. The molecule has 23 heavy (non-hydrogen) atoms. The van der Waals surface area contributed by atoms with Gasteiger partial charge in [0.2, 0.25) is 11.8 Å². The molecule has 0 aliphatic carbocycles. The van der Waals surface area contributed by atoms with Gasteiger partial charge in [-0.2, -0.15) is 0 Å². The summed E-state index contributed by atoms with van der Waals surface area (Å²) >= 11 is 1.17. The lowest BCUT2D eigenvalue weighted by Gasteiger charge is -2.16. The van der Waals surface area contributed by atoms with Crippen molar-refractivity contribution in [2.24, 2.45) is 0 Å². The summed E-state index contributed by atoms with van der Waals surface area (Å²) in [5, 5.41) is 2.94. The second-order valence-electron chi connectivity index (χ2n) is 4.56. The first-order valence-corrected chi connectivity index (χ1v) is 7.85. The fourth-order valence-electron chi connectivity index (χ4n) is 1.86. The number of hydrogen-bond donors (Lipinski definition) is 1. The Morgan fingerprint density at radius 3 is 2.74 bits per heavy atom. The normalized spacial score (nSPS) is 15.8. The van der Waals surface area contributed by atoms with Gasteiger partial charge in [-0.15, -0.1) is 0 Å². The maximum Gasteiger partial charge on any atom is 0.333 e. The van der Waals surface area contributed by atoms with E-state index in [0.29, 0.717) is 10.7 Å². The Morgan fingerprint density at radius 2 is 2.09 bits per heavy atom. The highest BCUT2D eigenvalue weighted by molar-refractivity contribution is 8.04. The third-order valence-electron chi connectivity index (χ3n) is 2.87. The highest BCUT2D eigenvalue weighted by Gasteiger charge is 2.29. The van der Waals surface area contributed by atoms with Crippen LogP contribution < -0.4 is 5.32 Å². The van der Waals surface area contributed by atoms with Crippen molar-refractivity contribution < 1.29 is 23.5 Å². The van der Waals surface area contributed by atoms with Crippen LogP contribution >= 0.6 is 11.8 Å². The van der Waals surface area contributed by atoms with E-state index in [2.05, 4.69) is 5.32 Å². The van der Waals surface area contributed by atoms with E-state index >= 15 is 0 Å². The Morgan fingerprint density at radius 1 is 1.39 bits per heavy atom.